The van der Waals surface area contributed by atoms with E-state index in [0.29, 0.717) is 19.6 Å². The number of rotatable bonds is 4. The van der Waals surface area contributed by atoms with Crippen LogP contribution in [0.1, 0.15) is 48.4 Å². The van der Waals surface area contributed by atoms with Gasteiger partial charge in [-0.05, 0) is 48.1 Å². The monoisotopic (exact) mass is 400 g/mol. The summed E-state index contributed by atoms with van der Waals surface area (Å²) in [7, 11) is -1.88. The van der Waals surface area contributed by atoms with Crippen molar-refractivity contribution in [1.82, 2.24) is 8.61 Å². The van der Waals surface area contributed by atoms with Crippen molar-refractivity contribution in [2.75, 3.05) is 20.2 Å². The normalized spacial score (nSPS) is 21.7. The fourth-order valence-corrected chi connectivity index (χ4v) is 6.16. The quantitative estimate of drug-likeness (QED) is 0.782. The van der Waals surface area contributed by atoms with Crippen molar-refractivity contribution in [3.63, 3.8) is 0 Å². The molecule has 0 radical (unpaired) electrons. The average Bonchev–Trinajstić information content (AvgIpc) is 3.00. The highest BCUT2D eigenvalue weighted by Crippen LogP contribution is 2.35. The van der Waals surface area contributed by atoms with Crippen LogP contribution >= 0.6 is 0 Å². The second kappa shape index (κ2) is 8.23. The van der Waals surface area contributed by atoms with Gasteiger partial charge in [0.15, 0.2) is 0 Å². The predicted molar refractivity (Wildman–Crippen MR) is 110 cm³/mol. The third-order valence-corrected chi connectivity index (χ3v) is 7.92. The predicted octanol–water partition coefficient (Wildman–Crippen LogP) is 3.92. The van der Waals surface area contributed by atoms with Crippen LogP contribution in [0.2, 0.25) is 0 Å². The second-order valence-corrected chi connectivity index (χ2v) is 9.49. The van der Waals surface area contributed by atoms with E-state index < -0.39 is 10.2 Å². The molecule has 0 saturated carbocycles. The Morgan fingerprint density at radius 3 is 2.43 bits per heavy atom. The van der Waals surface area contributed by atoms with Gasteiger partial charge < -0.3 is 4.74 Å². The molecule has 2 heterocycles. The molecule has 150 valence electrons. The molecule has 1 saturated heterocycles. The summed E-state index contributed by atoms with van der Waals surface area (Å²) in [5.74, 6) is 0.791. The highest BCUT2D eigenvalue weighted by atomic mass is 32.2. The van der Waals surface area contributed by atoms with Gasteiger partial charge in [0.1, 0.15) is 5.75 Å². The van der Waals surface area contributed by atoms with Crippen LogP contribution in [0.3, 0.4) is 0 Å². The lowest BCUT2D eigenvalue weighted by molar-refractivity contribution is 0.280. The molecule has 0 aliphatic carbocycles. The molecule has 2 aromatic carbocycles. The third-order valence-electron chi connectivity index (χ3n) is 5.92. The summed E-state index contributed by atoms with van der Waals surface area (Å²) in [6, 6.07) is 15.9. The van der Waals surface area contributed by atoms with Crippen molar-refractivity contribution in [2.45, 2.75) is 44.7 Å². The van der Waals surface area contributed by atoms with Crippen LogP contribution in [0, 0.1) is 0 Å². The lowest BCUT2D eigenvalue weighted by atomic mass is 10.0. The Bertz CT molecular complexity index is 912. The molecule has 1 unspecified atom stereocenters. The second-order valence-electron chi connectivity index (χ2n) is 7.61. The summed E-state index contributed by atoms with van der Waals surface area (Å²) < 4.78 is 35.9. The van der Waals surface area contributed by atoms with Crippen LogP contribution in [0.25, 0.3) is 0 Å². The van der Waals surface area contributed by atoms with Crippen molar-refractivity contribution < 1.29 is 13.2 Å². The fraction of sp³-hybridized carbons (Fsp3) is 0.455. The van der Waals surface area contributed by atoms with Gasteiger partial charge >= 0.3 is 0 Å². The van der Waals surface area contributed by atoms with Crippen molar-refractivity contribution in [2.24, 2.45) is 0 Å². The van der Waals surface area contributed by atoms with Crippen molar-refractivity contribution in [3.8, 4) is 5.75 Å². The number of nitrogens with zero attached hydrogens (tertiary/aromatic N) is 2. The van der Waals surface area contributed by atoms with Gasteiger partial charge in [0.25, 0.3) is 10.2 Å². The van der Waals surface area contributed by atoms with E-state index in [9.17, 15) is 8.42 Å². The first-order valence-electron chi connectivity index (χ1n) is 10.1. The maximum Gasteiger partial charge on any atom is 0.282 e. The topological polar surface area (TPSA) is 49.9 Å². The molecular weight excluding hydrogens is 372 g/mol. The Morgan fingerprint density at radius 2 is 1.68 bits per heavy atom. The van der Waals surface area contributed by atoms with E-state index in [0.717, 1.165) is 49.0 Å². The van der Waals surface area contributed by atoms with Crippen molar-refractivity contribution >= 4 is 10.2 Å². The van der Waals surface area contributed by atoms with Gasteiger partial charge in [-0.2, -0.15) is 17.0 Å². The molecule has 0 N–H and O–H groups in total. The van der Waals surface area contributed by atoms with Crippen LogP contribution in [0.4, 0.5) is 0 Å². The highest BCUT2D eigenvalue weighted by Gasteiger charge is 2.37. The largest absolute Gasteiger partial charge is 0.497 e. The number of hydrogen-bond acceptors (Lipinski definition) is 3. The van der Waals surface area contributed by atoms with E-state index in [4.69, 9.17) is 4.74 Å². The molecule has 2 aliphatic heterocycles. The van der Waals surface area contributed by atoms with Gasteiger partial charge in [-0.3, -0.25) is 0 Å². The lowest BCUT2D eigenvalue weighted by Gasteiger charge is -2.36. The molecule has 5 nitrogen and oxygen atoms in total. The van der Waals surface area contributed by atoms with E-state index in [2.05, 4.69) is 6.07 Å². The van der Waals surface area contributed by atoms with Gasteiger partial charge in [-0.1, -0.05) is 49.2 Å². The van der Waals surface area contributed by atoms with E-state index in [-0.39, 0.29) is 6.04 Å². The summed E-state index contributed by atoms with van der Waals surface area (Å²) in [5, 5.41) is 0. The summed E-state index contributed by atoms with van der Waals surface area (Å²) in [6.45, 7) is 1.59. The summed E-state index contributed by atoms with van der Waals surface area (Å²) in [4.78, 5) is 0. The van der Waals surface area contributed by atoms with Crippen LogP contribution < -0.4 is 4.74 Å². The Hall–Kier alpha value is -1.89. The van der Waals surface area contributed by atoms with E-state index in [1.807, 2.05) is 42.5 Å². The first kappa shape index (κ1) is 19.4. The number of hydrogen-bond donors (Lipinski definition) is 0. The maximum absolute atomic E-state index is 13.6. The Balaban J connectivity index is 1.63. The summed E-state index contributed by atoms with van der Waals surface area (Å²) >= 11 is 0. The first-order chi connectivity index (χ1) is 13.6. The Morgan fingerprint density at radius 1 is 0.929 bits per heavy atom. The lowest BCUT2D eigenvalue weighted by Crippen LogP contribution is -2.47. The molecule has 1 atom stereocenters. The molecule has 6 heteroatoms. The van der Waals surface area contributed by atoms with Gasteiger partial charge in [-0.25, -0.2) is 0 Å². The van der Waals surface area contributed by atoms with Gasteiger partial charge in [0.05, 0.1) is 13.2 Å². The minimum absolute atomic E-state index is 0.115. The molecule has 0 aromatic heterocycles. The van der Waals surface area contributed by atoms with Crippen LogP contribution in [0.15, 0.2) is 48.5 Å². The molecule has 0 spiro atoms. The number of benzene rings is 2. The van der Waals surface area contributed by atoms with Gasteiger partial charge in [0, 0.05) is 19.6 Å². The summed E-state index contributed by atoms with van der Waals surface area (Å²) in [6.07, 6.45) is 4.66. The van der Waals surface area contributed by atoms with Crippen molar-refractivity contribution in [1.29, 1.82) is 0 Å². The van der Waals surface area contributed by atoms with Crippen LogP contribution in [0.5, 0.6) is 5.75 Å². The molecule has 1 fully saturated rings. The molecule has 2 aromatic rings. The van der Waals surface area contributed by atoms with Crippen molar-refractivity contribution in [3.05, 3.63) is 65.2 Å². The molecule has 28 heavy (non-hydrogen) atoms. The smallest absolute Gasteiger partial charge is 0.282 e. The SMILES string of the molecule is COc1ccc(C2CCCCCN2S(=O)(=O)N2CCc3ccccc3C2)cc1. The standard InChI is InChI=1S/C22H28N2O3S/c1-27-21-12-10-19(11-13-21)22-9-3-2-6-15-24(22)28(25,26)23-16-14-18-7-4-5-8-20(18)17-23/h4-5,7-8,10-13,22H,2-3,6,9,14-17H2,1H3. The number of methoxy groups -OCH3 is 1. The zero-order valence-corrected chi connectivity index (χ0v) is 17.2. The Labute approximate surface area is 168 Å². The van der Waals surface area contributed by atoms with Crippen LogP contribution in [-0.4, -0.2) is 37.2 Å². The van der Waals surface area contributed by atoms with Gasteiger partial charge in [0.2, 0.25) is 0 Å². The van der Waals surface area contributed by atoms with E-state index >= 15 is 0 Å². The molecule has 0 bridgehead atoms. The molecule has 0 amide bonds. The van der Waals surface area contributed by atoms with E-state index in [1.165, 1.54) is 5.56 Å². The Kier molecular flexibility index (Phi) is 5.71. The molecule has 2 aliphatic rings. The minimum Gasteiger partial charge on any atom is -0.497 e. The number of fused-ring (bicyclic) bond motifs is 1. The van der Waals surface area contributed by atoms with Gasteiger partial charge in [-0.15, -0.1) is 0 Å². The average molecular weight is 401 g/mol. The number of ether oxygens (including phenoxy) is 1. The first-order valence-corrected chi connectivity index (χ1v) is 11.5. The van der Waals surface area contributed by atoms with E-state index in [1.54, 1.807) is 15.7 Å². The minimum atomic E-state index is -3.53. The molecule has 4 rings (SSSR count). The highest BCUT2D eigenvalue weighted by molar-refractivity contribution is 7.86. The molecular formula is C22H28N2O3S. The fourth-order valence-electron chi connectivity index (χ4n) is 4.33. The van der Waals surface area contributed by atoms with Crippen LogP contribution in [-0.2, 0) is 23.2 Å². The third kappa shape index (κ3) is 3.81. The summed E-state index contributed by atoms with van der Waals surface area (Å²) in [5.41, 5.74) is 3.42. The zero-order valence-electron chi connectivity index (χ0n) is 16.4. The maximum atomic E-state index is 13.6. The zero-order chi connectivity index (χ0) is 19.6.